The van der Waals surface area contributed by atoms with Crippen LogP contribution in [-0.2, 0) is 4.74 Å². The van der Waals surface area contributed by atoms with Crippen molar-refractivity contribution in [1.29, 1.82) is 0 Å². The Balaban J connectivity index is 1.94. The van der Waals surface area contributed by atoms with Crippen LogP contribution in [0.1, 0.15) is 36.8 Å². The lowest BCUT2D eigenvalue weighted by atomic mass is 10.0. The Morgan fingerprint density at radius 2 is 1.95 bits per heavy atom. The van der Waals surface area contributed by atoms with Gasteiger partial charge in [0, 0.05) is 5.56 Å². The zero-order chi connectivity index (χ0) is 15.0. The van der Waals surface area contributed by atoms with Crippen molar-refractivity contribution in [2.75, 3.05) is 6.61 Å². The van der Waals surface area contributed by atoms with Crippen molar-refractivity contribution in [1.82, 2.24) is 0 Å². The first kappa shape index (κ1) is 13.8. The number of furan rings is 1. The molecule has 0 amide bonds. The van der Waals surface area contributed by atoms with E-state index < -0.39 is 6.10 Å². The summed E-state index contributed by atoms with van der Waals surface area (Å²) in [7, 11) is 0. The van der Waals surface area contributed by atoms with Gasteiger partial charge in [-0.15, -0.1) is 0 Å². The molecule has 0 bridgehead atoms. The third kappa shape index (κ3) is 2.69. The summed E-state index contributed by atoms with van der Waals surface area (Å²) in [4.78, 5) is 4.44. The molecular formula is C16H16FNO3. The second-order valence-corrected chi connectivity index (χ2v) is 5.68. The third-order valence-corrected chi connectivity index (χ3v) is 3.34. The zero-order valence-corrected chi connectivity index (χ0v) is 11.8. The van der Waals surface area contributed by atoms with Crippen molar-refractivity contribution >= 4 is 5.90 Å². The van der Waals surface area contributed by atoms with Crippen molar-refractivity contribution in [3.63, 3.8) is 0 Å². The summed E-state index contributed by atoms with van der Waals surface area (Å²) in [5.41, 5.74) is 0.829. The minimum Gasteiger partial charge on any atom is -0.473 e. The fourth-order valence-corrected chi connectivity index (χ4v) is 2.23. The van der Waals surface area contributed by atoms with Gasteiger partial charge in [0.15, 0.2) is 5.76 Å². The van der Waals surface area contributed by atoms with Crippen LogP contribution >= 0.6 is 0 Å². The van der Waals surface area contributed by atoms with Gasteiger partial charge in [0.25, 0.3) is 5.90 Å². The molecule has 1 atom stereocenters. The van der Waals surface area contributed by atoms with E-state index >= 15 is 0 Å². The van der Waals surface area contributed by atoms with Gasteiger partial charge < -0.3 is 14.3 Å². The summed E-state index contributed by atoms with van der Waals surface area (Å²) in [6, 6.07) is 7.37. The van der Waals surface area contributed by atoms with Gasteiger partial charge in [0.2, 0.25) is 0 Å². The van der Waals surface area contributed by atoms with E-state index in [1.807, 2.05) is 13.8 Å². The molecule has 0 saturated carbocycles. The second kappa shape index (κ2) is 5.00. The number of aliphatic imine (C=N–C) groups is 1. The van der Waals surface area contributed by atoms with Crippen molar-refractivity contribution in [2.45, 2.75) is 25.5 Å². The monoisotopic (exact) mass is 289 g/mol. The van der Waals surface area contributed by atoms with Crippen LogP contribution in [0.25, 0.3) is 0 Å². The summed E-state index contributed by atoms with van der Waals surface area (Å²) in [5, 5.41) is 10.4. The number of aliphatic hydroxyl groups is 1. The molecule has 1 aliphatic heterocycles. The molecule has 0 saturated heterocycles. The molecule has 2 heterocycles. The average molecular weight is 289 g/mol. The number of hydrogen-bond donors (Lipinski definition) is 1. The maximum atomic E-state index is 13.0. The number of benzene rings is 1. The van der Waals surface area contributed by atoms with E-state index in [-0.39, 0.29) is 11.4 Å². The molecule has 0 radical (unpaired) electrons. The predicted octanol–water partition coefficient (Wildman–Crippen LogP) is 3.06. The maximum absolute atomic E-state index is 13.0. The van der Waals surface area contributed by atoms with Crippen LogP contribution in [-0.4, -0.2) is 23.2 Å². The molecule has 4 nitrogen and oxygen atoms in total. The topological polar surface area (TPSA) is 55.0 Å². The fraction of sp³-hybridized carbons (Fsp3) is 0.312. The van der Waals surface area contributed by atoms with Crippen LogP contribution in [0, 0.1) is 5.82 Å². The summed E-state index contributed by atoms with van der Waals surface area (Å²) in [6.45, 7) is 4.38. The van der Waals surface area contributed by atoms with Gasteiger partial charge in [-0.05, 0) is 37.6 Å². The zero-order valence-electron chi connectivity index (χ0n) is 11.8. The highest BCUT2D eigenvalue weighted by Crippen LogP contribution is 2.29. The Kier molecular flexibility index (Phi) is 3.29. The maximum Gasteiger partial charge on any atom is 0.254 e. The first-order valence-electron chi connectivity index (χ1n) is 6.70. The van der Waals surface area contributed by atoms with E-state index in [0.717, 1.165) is 0 Å². The number of hydrogen-bond acceptors (Lipinski definition) is 4. The van der Waals surface area contributed by atoms with Gasteiger partial charge in [-0.25, -0.2) is 9.38 Å². The lowest BCUT2D eigenvalue weighted by Crippen LogP contribution is -2.17. The first-order valence-corrected chi connectivity index (χ1v) is 6.70. The molecule has 0 spiro atoms. The van der Waals surface area contributed by atoms with Crippen LogP contribution in [0.3, 0.4) is 0 Å². The highest BCUT2D eigenvalue weighted by molar-refractivity contribution is 5.94. The smallest absolute Gasteiger partial charge is 0.254 e. The van der Waals surface area contributed by atoms with Gasteiger partial charge in [0.1, 0.15) is 18.5 Å². The SMILES string of the molecule is CC1(C)COC(c2occc2C(O)c2ccc(F)cc2)=N1. The first-order chi connectivity index (χ1) is 9.96. The van der Waals surface area contributed by atoms with Crippen LogP contribution < -0.4 is 0 Å². The lowest BCUT2D eigenvalue weighted by Gasteiger charge is -2.11. The molecule has 0 fully saturated rings. The molecule has 2 aromatic rings. The van der Waals surface area contributed by atoms with E-state index in [9.17, 15) is 9.50 Å². The molecule has 1 aliphatic rings. The normalized spacial score (nSPS) is 18.2. The van der Waals surface area contributed by atoms with E-state index in [2.05, 4.69) is 4.99 Å². The highest BCUT2D eigenvalue weighted by Gasteiger charge is 2.31. The Morgan fingerprint density at radius 1 is 1.24 bits per heavy atom. The van der Waals surface area contributed by atoms with Crippen LogP contribution in [0.5, 0.6) is 0 Å². The number of nitrogens with zero attached hydrogens (tertiary/aromatic N) is 1. The summed E-state index contributed by atoms with van der Waals surface area (Å²) in [6.07, 6.45) is 0.559. The molecule has 3 rings (SSSR count). The quantitative estimate of drug-likeness (QED) is 0.944. The molecule has 1 unspecified atom stereocenters. The number of halogens is 1. The van der Waals surface area contributed by atoms with Gasteiger partial charge in [-0.3, -0.25) is 0 Å². The summed E-state index contributed by atoms with van der Waals surface area (Å²) >= 11 is 0. The van der Waals surface area contributed by atoms with Gasteiger partial charge in [-0.2, -0.15) is 0 Å². The number of aliphatic hydroxyl groups excluding tert-OH is 1. The molecule has 1 aromatic carbocycles. The molecule has 5 heteroatoms. The number of ether oxygens (including phenoxy) is 1. The van der Waals surface area contributed by atoms with Gasteiger partial charge in [-0.1, -0.05) is 12.1 Å². The molecule has 1 aromatic heterocycles. The van der Waals surface area contributed by atoms with Gasteiger partial charge in [0.05, 0.1) is 11.8 Å². The van der Waals surface area contributed by atoms with Crippen LogP contribution in [0.2, 0.25) is 0 Å². The Bertz CT molecular complexity index is 673. The Hall–Kier alpha value is -2.14. The van der Waals surface area contributed by atoms with Crippen LogP contribution in [0.4, 0.5) is 4.39 Å². The van der Waals surface area contributed by atoms with E-state index in [1.54, 1.807) is 6.07 Å². The average Bonchev–Trinajstić information content (AvgIpc) is 3.05. The minimum atomic E-state index is -0.922. The number of rotatable bonds is 3. The Labute approximate surface area is 121 Å². The molecule has 21 heavy (non-hydrogen) atoms. The predicted molar refractivity (Wildman–Crippen MR) is 75.7 cm³/mol. The van der Waals surface area contributed by atoms with Gasteiger partial charge >= 0.3 is 0 Å². The van der Waals surface area contributed by atoms with E-state index in [0.29, 0.717) is 29.4 Å². The lowest BCUT2D eigenvalue weighted by molar-refractivity contribution is 0.217. The minimum absolute atomic E-state index is 0.305. The van der Waals surface area contributed by atoms with E-state index in [1.165, 1.54) is 30.5 Å². The van der Waals surface area contributed by atoms with E-state index in [4.69, 9.17) is 9.15 Å². The Morgan fingerprint density at radius 3 is 2.57 bits per heavy atom. The molecule has 0 aliphatic carbocycles. The second-order valence-electron chi connectivity index (χ2n) is 5.68. The molecular weight excluding hydrogens is 273 g/mol. The molecule has 110 valence electrons. The summed E-state index contributed by atoms with van der Waals surface area (Å²) < 4.78 is 23.9. The largest absolute Gasteiger partial charge is 0.473 e. The molecule has 1 N–H and O–H groups in total. The third-order valence-electron chi connectivity index (χ3n) is 3.34. The van der Waals surface area contributed by atoms with Crippen molar-refractivity contribution in [3.8, 4) is 0 Å². The fourth-order valence-electron chi connectivity index (χ4n) is 2.23. The standard InChI is InChI=1S/C16H16FNO3/c1-16(2)9-21-15(18-16)14-12(7-8-20-14)13(19)10-3-5-11(17)6-4-10/h3-8,13,19H,9H2,1-2H3. The van der Waals surface area contributed by atoms with Crippen LogP contribution in [0.15, 0.2) is 46.0 Å². The summed E-state index contributed by atoms with van der Waals surface area (Å²) in [5.74, 6) is 0.460. The van der Waals surface area contributed by atoms with Crippen molar-refractivity contribution in [2.24, 2.45) is 4.99 Å². The van der Waals surface area contributed by atoms with Crippen molar-refractivity contribution in [3.05, 3.63) is 59.3 Å². The van der Waals surface area contributed by atoms with Crippen molar-refractivity contribution < 1.29 is 18.7 Å². The highest BCUT2D eigenvalue weighted by atomic mass is 19.1.